The van der Waals surface area contributed by atoms with Crippen molar-refractivity contribution < 1.29 is 27.4 Å². The first kappa shape index (κ1) is 30.3. The number of benzene rings is 1. The molecule has 0 aliphatic carbocycles. The molecule has 5 rings (SSSR count). The molecule has 3 aromatic heterocycles. The summed E-state index contributed by atoms with van der Waals surface area (Å²) in [5.74, 6) is 1.70. The SMILES string of the molecule is COc1cccc(-c2nnc(CS(=O)(=O)[C@H](C)[C@@H](c3ncc(C)cn3)N3CC(OC)C3)n2-c2c(OC)cccc2OC)n1. The summed E-state index contributed by atoms with van der Waals surface area (Å²) in [6, 6.07) is 9.91. The standard InChI is InChI=1S/C29H35N7O6S/c1-18-13-30-28(31-14-18)26(35-15-20(16-35)39-3)19(2)43(37,38)17-24-33-34-29(21-9-7-12-25(32-21)42-6)36(24)27-22(40-4)10-8-11-23(27)41-5/h7-14,19-20,26H,15-17H2,1-6H3/t19-,26+/m1/s1. The van der Waals surface area contributed by atoms with Crippen LogP contribution in [0.5, 0.6) is 17.4 Å². The molecule has 4 heterocycles. The second-order valence-electron chi connectivity index (χ2n) is 10.2. The second kappa shape index (κ2) is 12.6. The lowest BCUT2D eigenvalue weighted by Gasteiger charge is -2.44. The number of para-hydroxylation sites is 1. The summed E-state index contributed by atoms with van der Waals surface area (Å²) < 4.78 is 52.2. The number of ether oxygens (including phenoxy) is 4. The summed E-state index contributed by atoms with van der Waals surface area (Å²) in [6.07, 6.45) is 3.41. The fourth-order valence-corrected chi connectivity index (χ4v) is 6.59. The van der Waals surface area contributed by atoms with Crippen LogP contribution in [0.2, 0.25) is 0 Å². The Labute approximate surface area is 250 Å². The van der Waals surface area contributed by atoms with Crippen LogP contribution < -0.4 is 14.2 Å². The van der Waals surface area contributed by atoms with E-state index in [1.807, 2.05) is 11.8 Å². The van der Waals surface area contributed by atoms with E-state index in [0.717, 1.165) is 5.56 Å². The Morgan fingerprint density at radius 1 is 0.930 bits per heavy atom. The summed E-state index contributed by atoms with van der Waals surface area (Å²) >= 11 is 0. The molecule has 0 amide bonds. The van der Waals surface area contributed by atoms with Crippen LogP contribution >= 0.6 is 0 Å². The molecular weight excluding hydrogens is 574 g/mol. The van der Waals surface area contributed by atoms with Crippen LogP contribution in [0.1, 0.15) is 30.2 Å². The Balaban J connectivity index is 1.60. The topological polar surface area (TPSA) is 144 Å². The number of likely N-dealkylation sites (tertiary alicyclic amines) is 1. The van der Waals surface area contributed by atoms with E-state index in [2.05, 4.69) is 25.1 Å². The van der Waals surface area contributed by atoms with Gasteiger partial charge >= 0.3 is 0 Å². The van der Waals surface area contributed by atoms with Crippen LogP contribution in [0.15, 0.2) is 48.8 Å². The van der Waals surface area contributed by atoms with Crippen LogP contribution in [0, 0.1) is 6.92 Å². The van der Waals surface area contributed by atoms with Gasteiger partial charge in [-0.25, -0.2) is 23.4 Å². The summed E-state index contributed by atoms with van der Waals surface area (Å²) in [7, 11) is 2.33. The van der Waals surface area contributed by atoms with Crippen molar-refractivity contribution in [3.8, 4) is 34.6 Å². The average Bonchev–Trinajstić information content (AvgIpc) is 3.40. The number of aryl methyl sites for hydroxylation is 1. The third-order valence-corrected chi connectivity index (χ3v) is 9.58. The Hall–Kier alpha value is -4.14. The number of nitrogens with zero attached hydrogens (tertiary/aromatic N) is 7. The largest absolute Gasteiger partial charge is 0.494 e. The maximum Gasteiger partial charge on any atom is 0.213 e. The van der Waals surface area contributed by atoms with Crippen molar-refractivity contribution in [1.29, 1.82) is 0 Å². The highest BCUT2D eigenvalue weighted by atomic mass is 32.2. The van der Waals surface area contributed by atoms with Crippen molar-refractivity contribution >= 4 is 9.84 Å². The molecule has 1 aliphatic rings. The van der Waals surface area contributed by atoms with Gasteiger partial charge in [-0.3, -0.25) is 9.47 Å². The highest BCUT2D eigenvalue weighted by Gasteiger charge is 2.43. The zero-order valence-electron chi connectivity index (χ0n) is 25.0. The predicted molar refractivity (Wildman–Crippen MR) is 158 cm³/mol. The number of hydrogen-bond donors (Lipinski definition) is 0. The number of methoxy groups -OCH3 is 4. The highest BCUT2D eigenvalue weighted by molar-refractivity contribution is 7.91. The van der Waals surface area contributed by atoms with E-state index in [1.54, 1.807) is 67.4 Å². The first-order chi connectivity index (χ1) is 20.7. The molecule has 1 aromatic carbocycles. The van der Waals surface area contributed by atoms with Crippen molar-refractivity contribution in [2.75, 3.05) is 41.5 Å². The molecule has 0 N–H and O–H groups in total. The van der Waals surface area contributed by atoms with Gasteiger partial charge in [0.25, 0.3) is 0 Å². The summed E-state index contributed by atoms with van der Waals surface area (Å²) in [6.45, 7) is 4.70. The van der Waals surface area contributed by atoms with Crippen molar-refractivity contribution in [3.63, 3.8) is 0 Å². The lowest BCUT2D eigenvalue weighted by Crippen LogP contribution is -2.56. The van der Waals surface area contributed by atoms with Crippen molar-refractivity contribution in [3.05, 3.63) is 66.0 Å². The van der Waals surface area contributed by atoms with Crippen LogP contribution in [-0.2, 0) is 20.3 Å². The van der Waals surface area contributed by atoms with E-state index in [1.165, 1.54) is 21.3 Å². The fourth-order valence-electron chi connectivity index (χ4n) is 5.10. The molecule has 0 radical (unpaired) electrons. The minimum Gasteiger partial charge on any atom is -0.494 e. The smallest absolute Gasteiger partial charge is 0.213 e. The van der Waals surface area contributed by atoms with E-state index in [-0.39, 0.29) is 11.9 Å². The van der Waals surface area contributed by atoms with Gasteiger partial charge < -0.3 is 18.9 Å². The summed E-state index contributed by atoms with van der Waals surface area (Å²) in [5, 5.41) is 7.87. The van der Waals surface area contributed by atoms with Gasteiger partial charge in [0.05, 0.1) is 38.7 Å². The second-order valence-corrected chi connectivity index (χ2v) is 12.6. The highest BCUT2D eigenvalue weighted by Crippen LogP contribution is 2.38. The van der Waals surface area contributed by atoms with E-state index in [4.69, 9.17) is 18.9 Å². The van der Waals surface area contributed by atoms with E-state index in [9.17, 15) is 8.42 Å². The van der Waals surface area contributed by atoms with Crippen molar-refractivity contribution in [1.82, 2.24) is 34.6 Å². The molecule has 228 valence electrons. The number of pyridine rings is 1. The Kier molecular flexibility index (Phi) is 8.89. The van der Waals surface area contributed by atoms with E-state index >= 15 is 0 Å². The lowest BCUT2D eigenvalue weighted by atomic mass is 10.0. The Morgan fingerprint density at radius 2 is 1.58 bits per heavy atom. The predicted octanol–water partition coefficient (Wildman–Crippen LogP) is 2.83. The average molecular weight is 610 g/mol. The van der Waals surface area contributed by atoms with E-state index in [0.29, 0.717) is 53.5 Å². The Morgan fingerprint density at radius 3 is 2.19 bits per heavy atom. The minimum absolute atomic E-state index is 0.0156. The molecular formula is C29H35N7O6S. The molecule has 1 saturated heterocycles. The number of rotatable bonds is 12. The number of aromatic nitrogens is 6. The van der Waals surface area contributed by atoms with Crippen molar-refractivity contribution in [2.45, 2.75) is 37.0 Å². The molecule has 4 aromatic rings. The maximum atomic E-state index is 14.2. The van der Waals surface area contributed by atoms with E-state index < -0.39 is 26.9 Å². The monoisotopic (exact) mass is 609 g/mol. The first-order valence-electron chi connectivity index (χ1n) is 13.6. The minimum atomic E-state index is -3.88. The van der Waals surface area contributed by atoms with Gasteiger partial charge in [0, 0.05) is 38.7 Å². The van der Waals surface area contributed by atoms with Gasteiger partial charge in [-0.05, 0) is 37.6 Å². The molecule has 1 fully saturated rings. The van der Waals surface area contributed by atoms with Crippen LogP contribution in [0.4, 0.5) is 0 Å². The quantitative estimate of drug-likeness (QED) is 0.233. The lowest BCUT2D eigenvalue weighted by molar-refractivity contribution is -0.0531. The molecule has 2 atom stereocenters. The van der Waals surface area contributed by atoms with Gasteiger partial charge in [-0.15, -0.1) is 10.2 Å². The molecule has 14 heteroatoms. The Bertz CT molecular complexity index is 1650. The fraction of sp³-hybridized carbons (Fsp3) is 0.414. The molecule has 0 spiro atoms. The third kappa shape index (κ3) is 6.03. The number of hydrogen-bond acceptors (Lipinski definition) is 12. The zero-order valence-corrected chi connectivity index (χ0v) is 25.8. The summed E-state index contributed by atoms with van der Waals surface area (Å²) in [5.41, 5.74) is 1.75. The normalized spacial score (nSPS) is 15.5. The molecule has 43 heavy (non-hydrogen) atoms. The van der Waals surface area contributed by atoms with Crippen LogP contribution in [0.25, 0.3) is 17.2 Å². The van der Waals surface area contributed by atoms with Gasteiger partial charge in [-0.2, -0.15) is 0 Å². The van der Waals surface area contributed by atoms with Crippen molar-refractivity contribution in [2.24, 2.45) is 0 Å². The molecule has 1 aliphatic heterocycles. The first-order valence-corrected chi connectivity index (χ1v) is 15.4. The van der Waals surface area contributed by atoms with Gasteiger partial charge in [-0.1, -0.05) is 12.1 Å². The molecule has 13 nitrogen and oxygen atoms in total. The molecule has 0 unspecified atom stereocenters. The van der Waals surface area contributed by atoms with Gasteiger partial charge in [0.2, 0.25) is 5.88 Å². The van der Waals surface area contributed by atoms with Gasteiger partial charge in [0.1, 0.15) is 34.5 Å². The maximum absolute atomic E-state index is 14.2. The van der Waals surface area contributed by atoms with Crippen LogP contribution in [-0.4, -0.2) is 95.9 Å². The van der Waals surface area contributed by atoms with Gasteiger partial charge in [0.15, 0.2) is 21.5 Å². The zero-order chi connectivity index (χ0) is 30.7. The van der Waals surface area contributed by atoms with Crippen LogP contribution in [0.3, 0.4) is 0 Å². The number of sulfone groups is 1. The molecule has 0 saturated carbocycles. The third-order valence-electron chi connectivity index (χ3n) is 7.53. The summed E-state index contributed by atoms with van der Waals surface area (Å²) in [4.78, 5) is 15.6. The molecule has 0 bridgehead atoms.